The van der Waals surface area contributed by atoms with Gasteiger partial charge in [0.25, 0.3) is 0 Å². The van der Waals surface area contributed by atoms with Crippen LogP contribution in [0.3, 0.4) is 0 Å². The van der Waals surface area contributed by atoms with E-state index in [-0.39, 0.29) is 37.7 Å². The van der Waals surface area contributed by atoms with Gasteiger partial charge in [-0.05, 0) is 32.1 Å². The van der Waals surface area contributed by atoms with Gasteiger partial charge in [0.1, 0.15) is 31.6 Å². The molecule has 0 heterocycles. The van der Waals surface area contributed by atoms with Gasteiger partial charge in [-0.2, -0.15) is 0 Å². The smallest absolute Gasteiger partial charge is 0.462 e. The minimum absolute atomic E-state index is 0.00778. The van der Waals surface area contributed by atoms with Crippen molar-refractivity contribution in [1.82, 2.24) is 5.32 Å². The largest absolute Gasteiger partial charge is 0.472 e. The van der Waals surface area contributed by atoms with E-state index in [1.165, 1.54) is 64.7 Å². The monoisotopic (exact) mass is 835 g/mol. The Hall–Kier alpha value is -2.38. The molecule has 0 aliphatic rings. The van der Waals surface area contributed by atoms with Crippen molar-refractivity contribution in [3.8, 4) is 0 Å². The lowest BCUT2D eigenvalue weighted by Gasteiger charge is -2.24. The van der Waals surface area contributed by atoms with Crippen LogP contribution in [0.4, 0.5) is 0 Å². The van der Waals surface area contributed by atoms with E-state index in [1.807, 2.05) is 21.1 Å². The van der Waals surface area contributed by atoms with Crippen LogP contribution in [0.25, 0.3) is 0 Å². The van der Waals surface area contributed by atoms with Gasteiger partial charge in [-0.15, -0.1) is 0 Å². The van der Waals surface area contributed by atoms with Gasteiger partial charge < -0.3 is 29.9 Å². The number of Topliss-reactive ketones (excluding diaryl/α,β-unsaturated/α-hetero) is 1. The predicted molar refractivity (Wildman–Crippen MR) is 223 cm³/mol. The first-order valence-electron chi connectivity index (χ1n) is 21.9. The summed E-state index contributed by atoms with van der Waals surface area (Å²) in [5.41, 5.74) is 5.32. The van der Waals surface area contributed by atoms with E-state index in [0.717, 1.165) is 57.8 Å². The van der Waals surface area contributed by atoms with Crippen molar-refractivity contribution in [2.24, 2.45) is 5.73 Å². The lowest BCUT2D eigenvalue weighted by Crippen LogP contribution is -2.43. The first-order chi connectivity index (χ1) is 27.0. The number of unbranched alkanes of at least 4 members (excludes halogenated alkanes) is 18. The second-order valence-corrected chi connectivity index (χ2v) is 17.9. The molecule has 15 heteroatoms. The highest BCUT2D eigenvalue weighted by molar-refractivity contribution is 7.47. The lowest BCUT2D eigenvalue weighted by atomic mass is 10.0. The molecule has 0 aliphatic heterocycles. The summed E-state index contributed by atoms with van der Waals surface area (Å²) in [6.07, 6.45) is 22.3. The Balaban J connectivity index is 4.45. The van der Waals surface area contributed by atoms with Crippen molar-refractivity contribution >= 4 is 37.4 Å². The fourth-order valence-electron chi connectivity index (χ4n) is 6.18. The van der Waals surface area contributed by atoms with Crippen molar-refractivity contribution in [3.05, 3.63) is 0 Å². The Bertz CT molecular complexity index is 1150. The van der Waals surface area contributed by atoms with E-state index in [9.17, 15) is 33.4 Å². The van der Waals surface area contributed by atoms with E-state index >= 15 is 0 Å². The number of carbonyl (C=O) groups excluding carboxylic acids is 5. The number of likely N-dealkylation sites (N-methyl/N-ethyl adjacent to an activating group) is 1. The van der Waals surface area contributed by atoms with Crippen molar-refractivity contribution < 1.29 is 56.4 Å². The molecule has 2 unspecified atom stereocenters. The summed E-state index contributed by atoms with van der Waals surface area (Å²) in [5.74, 6) is -1.61. The van der Waals surface area contributed by atoms with E-state index in [4.69, 9.17) is 24.3 Å². The molecule has 0 bridgehead atoms. The van der Waals surface area contributed by atoms with Crippen molar-refractivity contribution in [2.45, 2.75) is 193 Å². The number of ether oxygens (including phenoxy) is 2. The predicted octanol–water partition coefficient (Wildman–Crippen LogP) is 8.00. The normalized spacial score (nSPS) is 13.7. The van der Waals surface area contributed by atoms with Crippen LogP contribution in [0.5, 0.6) is 0 Å². The second-order valence-electron chi connectivity index (χ2n) is 16.5. The zero-order valence-electron chi connectivity index (χ0n) is 36.4. The third-order valence-electron chi connectivity index (χ3n) is 9.66. The van der Waals surface area contributed by atoms with Gasteiger partial charge in [0.15, 0.2) is 6.10 Å². The van der Waals surface area contributed by atoms with Crippen LogP contribution >= 0.6 is 7.82 Å². The van der Waals surface area contributed by atoms with Crippen LogP contribution < -0.4 is 11.1 Å². The second kappa shape index (κ2) is 34.5. The topological polar surface area (TPSA) is 198 Å². The number of phosphoric acid groups is 1. The Morgan fingerprint density at radius 1 is 0.649 bits per heavy atom. The van der Waals surface area contributed by atoms with Gasteiger partial charge in [0, 0.05) is 32.6 Å². The van der Waals surface area contributed by atoms with Crippen molar-refractivity contribution in [1.29, 1.82) is 0 Å². The van der Waals surface area contributed by atoms with Crippen molar-refractivity contribution in [2.75, 3.05) is 47.5 Å². The van der Waals surface area contributed by atoms with Gasteiger partial charge in [0.05, 0.1) is 27.7 Å². The Morgan fingerprint density at radius 2 is 1.11 bits per heavy atom. The maximum atomic E-state index is 12.7. The third kappa shape index (κ3) is 37.6. The molecule has 0 saturated heterocycles. The SMILES string of the molecule is CCCCCCCCCCCCCCCC(=O)OC[C@H](COP(=O)(O)OCC[N+](C)(C)C)OC(=O)CCCCCCCC(=O)CCCCCC(NC(C)=O)C(N)=O. The highest BCUT2D eigenvalue weighted by atomic mass is 31.2. The number of nitrogens with two attached hydrogens (primary N) is 1. The molecule has 2 amide bonds. The number of hydrogen-bond acceptors (Lipinski definition) is 10. The fourth-order valence-corrected chi connectivity index (χ4v) is 6.92. The molecule has 0 aromatic rings. The number of ketones is 1. The number of nitrogens with zero attached hydrogens (tertiary/aromatic N) is 1. The average Bonchev–Trinajstić information content (AvgIpc) is 3.12. The molecule has 3 atom stereocenters. The number of carbonyl (C=O) groups is 5. The maximum absolute atomic E-state index is 12.7. The number of hydrogen-bond donors (Lipinski definition) is 3. The van der Waals surface area contributed by atoms with Crippen molar-refractivity contribution in [3.63, 3.8) is 0 Å². The highest BCUT2D eigenvalue weighted by Gasteiger charge is 2.27. The van der Waals surface area contributed by atoms with Gasteiger partial charge in [0.2, 0.25) is 11.8 Å². The zero-order chi connectivity index (χ0) is 42.8. The summed E-state index contributed by atoms with van der Waals surface area (Å²) >= 11 is 0. The summed E-state index contributed by atoms with van der Waals surface area (Å²) < 4.78 is 34.1. The molecule has 0 aromatic carbocycles. The minimum atomic E-state index is -4.43. The van der Waals surface area contributed by atoms with Crippen LogP contribution in [-0.2, 0) is 47.1 Å². The number of amides is 2. The van der Waals surface area contributed by atoms with Crippen LogP contribution in [0.2, 0.25) is 0 Å². The van der Waals surface area contributed by atoms with Crippen LogP contribution in [0, 0.1) is 0 Å². The van der Waals surface area contributed by atoms with Crippen LogP contribution in [0.1, 0.15) is 181 Å². The Morgan fingerprint density at radius 3 is 1.58 bits per heavy atom. The summed E-state index contributed by atoms with van der Waals surface area (Å²) in [4.78, 5) is 70.2. The molecule has 0 spiro atoms. The van der Waals surface area contributed by atoms with Gasteiger partial charge >= 0.3 is 19.8 Å². The first-order valence-corrected chi connectivity index (χ1v) is 23.4. The number of phosphoric ester groups is 1. The number of nitrogens with one attached hydrogen (secondary N) is 1. The number of primary amides is 1. The lowest BCUT2D eigenvalue weighted by molar-refractivity contribution is -0.870. The molecule has 57 heavy (non-hydrogen) atoms. The van der Waals surface area contributed by atoms with Crippen LogP contribution in [-0.4, -0.2) is 98.6 Å². The number of rotatable bonds is 40. The molecule has 334 valence electrons. The number of quaternary nitrogens is 1. The number of esters is 2. The molecule has 0 aromatic heterocycles. The van der Waals surface area contributed by atoms with Gasteiger partial charge in [-0.25, -0.2) is 4.57 Å². The molecule has 0 rings (SSSR count). The third-order valence-corrected chi connectivity index (χ3v) is 10.6. The van der Waals surface area contributed by atoms with E-state index < -0.39 is 44.4 Å². The minimum Gasteiger partial charge on any atom is -0.462 e. The van der Waals surface area contributed by atoms with E-state index in [2.05, 4.69) is 12.2 Å². The molecule has 0 fully saturated rings. The molecule has 0 radical (unpaired) electrons. The summed E-state index contributed by atoms with van der Waals surface area (Å²) in [7, 11) is 1.34. The molecule has 4 N–H and O–H groups in total. The molecule has 0 aliphatic carbocycles. The zero-order valence-corrected chi connectivity index (χ0v) is 37.3. The molecular weight excluding hydrogens is 753 g/mol. The highest BCUT2D eigenvalue weighted by Crippen LogP contribution is 2.43. The molecule has 0 saturated carbocycles. The molecular formula is C42H81N3O11P+. The summed E-state index contributed by atoms with van der Waals surface area (Å²) in [6, 6.07) is -0.682. The van der Waals surface area contributed by atoms with Gasteiger partial charge in [-0.1, -0.05) is 116 Å². The maximum Gasteiger partial charge on any atom is 0.472 e. The quantitative estimate of drug-likeness (QED) is 0.0234. The fraction of sp³-hybridized carbons (Fsp3) is 0.881. The molecule has 14 nitrogen and oxygen atoms in total. The van der Waals surface area contributed by atoms with E-state index in [1.54, 1.807) is 0 Å². The van der Waals surface area contributed by atoms with Crippen LogP contribution in [0.15, 0.2) is 0 Å². The Kier molecular flexibility index (Phi) is 33.0. The van der Waals surface area contributed by atoms with Gasteiger partial charge in [-0.3, -0.25) is 33.0 Å². The first kappa shape index (κ1) is 54.6. The standard InChI is InChI=1S/C42H80N3O11P/c1-6-7-8-9-10-11-12-13-14-15-16-19-25-30-40(48)53-34-38(35-55-57(51,52)54-33-32-45(3,4)5)56-41(49)31-26-20-17-18-22-27-37(47)28-23-21-24-29-39(42(43)50)44-36(2)46/h38-39H,6-35H2,1-5H3,(H3-,43,44,46,50,51,52)/p+1/t38-,39?/m1/s1. The average molecular weight is 835 g/mol. The summed E-state index contributed by atoms with van der Waals surface area (Å²) in [5, 5.41) is 2.54. The van der Waals surface area contributed by atoms with E-state index in [0.29, 0.717) is 49.6 Å². The Labute approximate surface area is 344 Å². The summed E-state index contributed by atoms with van der Waals surface area (Å²) in [6.45, 7) is 3.29.